The second kappa shape index (κ2) is 8.14. The third-order valence-electron chi connectivity index (χ3n) is 5.15. The summed E-state index contributed by atoms with van der Waals surface area (Å²) in [4.78, 5) is 24.3. The van der Waals surface area contributed by atoms with E-state index in [4.69, 9.17) is 14.7 Å². The molecule has 0 fully saturated rings. The second-order valence-electron chi connectivity index (χ2n) is 7.05. The Balaban J connectivity index is 1.70. The lowest BCUT2D eigenvalue weighted by Gasteiger charge is -2.33. The highest BCUT2D eigenvalue weighted by Crippen LogP contribution is 2.43. The average molecular weight is 431 g/mol. The number of nitrogens with zero attached hydrogens (tertiary/aromatic N) is 2. The normalized spacial score (nSPS) is 19.0. The Morgan fingerprint density at radius 2 is 2.07 bits per heavy atom. The van der Waals surface area contributed by atoms with Gasteiger partial charge in [-0.3, -0.25) is 4.79 Å². The van der Waals surface area contributed by atoms with E-state index in [1.54, 1.807) is 11.3 Å². The molecule has 7 heteroatoms. The number of carbonyl (C=O) groups is 1. The van der Waals surface area contributed by atoms with Gasteiger partial charge in [0.1, 0.15) is 9.86 Å². The number of ether oxygens (including phenoxy) is 1. The Labute approximate surface area is 177 Å². The maximum atomic E-state index is 12.6. The molecule has 0 saturated carbocycles. The van der Waals surface area contributed by atoms with Crippen molar-refractivity contribution in [2.45, 2.75) is 49.1 Å². The van der Waals surface area contributed by atoms with E-state index in [-0.39, 0.29) is 11.4 Å². The molecule has 3 aromatic rings. The van der Waals surface area contributed by atoms with Gasteiger partial charge in [-0.2, -0.15) is 0 Å². The first-order valence-electron chi connectivity index (χ1n) is 9.24. The molecule has 1 aromatic carbocycles. The minimum absolute atomic E-state index is 0.119. The molecule has 146 valence electrons. The van der Waals surface area contributed by atoms with E-state index < -0.39 is 0 Å². The van der Waals surface area contributed by atoms with Crippen molar-refractivity contribution in [2.75, 3.05) is 12.0 Å². The molecule has 0 N–H and O–H groups in total. The van der Waals surface area contributed by atoms with E-state index in [2.05, 4.69) is 13.8 Å². The van der Waals surface area contributed by atoms with Gasteiger partial charge >= 0.3 is 0 Å². The topological polar surface area (TPSA) is 52.1 Å². The smallest absolute Gasteiger partial charge is 0.189 e. The molecule has 0 spiro atoms. The zero-order valence-electron chi connectivity index (χ0n) is 16.2. The minimum atomic E-state index is -0.152. The Hall–Kier alpha value is -1.41. The third kappa shape index (κ3) is 3.85. The highest BCUT2D eigenvalue weighted by molar-refractivity contribution is 8.00. The molecular weight excluding hydrogens is 408 g/mol. The Bertz CT molecular complexity index is 1020. The van der Waals surface area contributed by atoms with E-state index in [1.807, 2.05) is 36.6 Å². The summed E-state index contributed by atoms with van der Waals surface area (Å²) in [6.45, 7) is 4.96. The number of aromatic nitrogens is 2. The van der Waals surface area contributed by atoms with Crippen molar-refractivity contribution < 1.29 is 9.53 Å². The van der Waals surface area contributed by atoms with Gasteiger partial charge in [-0.1, -0.05) is 60.8 Å². The van der Waals surface area contributed by atoms with E-state index in [1.165, 1.54) is 34.0 Å². The van der Waals surface area contributed by atoms with Crippen LogP contribution in [-0.4, -0.2) is 33.4 Å². The van der Waals surface area contributed by atoms with Crippen LogP contribution in [0.25, 0.3) is 10.2 Å². The summed E-state index contributed by atoms with van der Waals surface area (Å²) in [6, 6.07) is 9.44. The van der Waals surface area contributed by atoms with Crippen LogP contribution in [0.4, 0.5) is 0 Å². The first-order chi connectivity index (χ1) is 13.5. The van der Waals surface area contributed by atoms with Gasteiger partial charge < -0.3 is 4.74 Å². The third-order valence-corrected chi connectivity index (χ3v) is 7.77. The predicted octanol–water partition coefficient (Wildman–Crippen LogP) is 5.63. The lowest BCUT2D eigenvalue weighted by atomic mass is 9.90. The monoisotopic (exact) mass is 430 g/mol. The quantitative estimate of drug-likeness (QED) is 0.219. The zero-order chi connectivity index (χ0) is 19.7. The molecular formula is C21H22N2O2S3. The molecule has 2 aromatic heterocycles. The number of thioether (sulfide) groups is 2. The number of fused-ring (bicyclic) bond motifs is 3. The van der Waals surface area contributed by atoms with E-state index >= 15 is 0 Å². The van der Waals surface area contributed by atoms with Crippen molar-refractivity contribution in [1.29, 1.82) is 0 Å². The first kappa shape index (κ1) is 19.9. The van der Waals surface area contributed by atoms with Crippen molar-refractivity contribution in [3.8, 4) is 0 Å². The molecule has 0 amide bonds. The minimum Gasteiger partial charge on any atom is -0.369 e. The average Bonchev–Trinajstić information content (AvgIpc) is 3.09. The summed E-state index contributed by atoms with van der Waals surface area (Å²) in [5.74, 6) is 0.490. The summed E-state index contributed by atoms with van der Waals surface area (Å²) >= 11 is 4.75. The number of rotatable bonds is 6. The van der Waals surface area contributed by atoms with Crippen molar-refractivity contribution in [3.63, 3.8) is 0 Å². The van der Waals surface area contributed by atoms with E-state index in [9.17, 15) is 4.79 Å². The fraction of sp³-hybridized carbons (Fsp3) is 0.381. The number of carbonyl (C=O) groups excluding carboxylic acids is 1. The summed E-state index contributed by atoms with van der Waals surface area (Å²) in [6.07, 6.45) is 3.80. The fourth-order valence-corrected chi connectivity index (χ4v) is 5.88. The molecule has 0 unspecified atom stereocenters. The van der Waals surface area contributed by atoms with Gasteiger partial charge in [-0.05, 0) is 25.2 Å². The molecule has 1 aliphatic heterocycles. The SMILES string of the molecule is CC[C@]1(C)Cc2c(sc3nc(SC)nc(SCC(=O)c4ccccc4)c23)CO1. The van der Waals surface area contributed by atoms with Crippen molar-refractivity contribution in [3.05, 3.63) is 46.3 Å². The number of Topliss-reactive ketones (excluding diaryl/α,β-unsaturated/α-hetero) is 1. The maximum absolute atomic E-state index is 12.6. The van der Waals surface area contributed by atoms with Crippen LogP contribution < -0.4 is 0 Å². The van der Waals surface area contributed by atoms with Crippen molar-refractivity contribution in [1.82, 2.24) is 9.97 Å². The Morgan fingerprint density at radius 3 is 2.79 bits per heavy atom. The van der Waals surface area contributed by atoms with Crippen molar-refractivity contribution in [2.24, 2.45) is 0 Å². The lowest BCUT2D eigenvalue weighted by molar-refractivity contribution is -0.0543. The first-order valence-corrected chi connectivity index (χ1v) is 12.3. The van der Waals surface area contributed by atoms with Crippen LogP contribution in [0, 0.1) is 0 Å². The molecule has 0 bridgehead atoms. The fourth-order valence-electron chi connectivity index (χ4n) is 3.28. The van der Waals surface area contributed by atoms with Gasteiger partial charge in [0, 0.05) is 22.2 Å². The number of thiophene rings is 1. The number of ketones is 1. The molecule has 4 nitrogen and oxygen atoms in total. The number of benzene rings is 1. The summed E-state index contributed by atoms with van der Waals surface area (Å²) in [5.41, 5.74) is 1.89. The predicted molar refractivity (Wildman–Crippen MR) is 118 cm³/mol. The van der Waals surface area contributed by atoms with E-state index in [0.717, 1.165) is 38.8 Å². The van der Waals surface area contributed by atoms with Gasteiger partial charge in [0.25, 0.3) is 0 Å². The maximum Gasteiger partial charge on any atom is 0.189 e. The lowest BCUT2D eigenvalue weighted by Crippen LogP contribution is -2.33. The number of hydrogen-bond acceptors (Lipinski definition) is 7. The largest absolute Gasteiger partial charge is 0.369 e. The molecule has 0 radical (unpaired) electrons. The zero-order valence-corrected chi connectivity index (χ0v) is 18.6. The van der Waals surface area contributed by atoms with Crippen LogP contribution in [0.15, 0.2) is 40.5 Å². The van der Waals surface area contributed by atoms with Gasteiger partial charge in [0.15, 0.2) is 10.9 Å². The van der Waals surface area contributed by atoms with Crippen LogP contribution in [0.1, 0.15) is 41.1 Å². The molecule has 1 atom stereocenters. The van der Waals surface area contributed by atoms with Crippen LogP contribution in [0.5, 0.6) is 0 Å². The summed E-state index contributed by atoms with van der Waals surface area (Å²) < 4.78 is 6.12. The van der Waals surface area contributed by atoms with Gasteiger partial charge in [0.05, 0.1) is 18.0 Å². The van der Waals surface area contributed by atoms with Gasteiger partial charge in [-0.25, -0.2) is 9.97 Å². The summed E-state index contributed by atoms with van der Waals surface area (Å²) in [7, 11) is 0. The molecule has 3 heterocycles. The van der Waals surface area contributed by atoms with Gasteiger partial charge in [0.2, 0.25) is 0 Å². The molecule has 28 heavy (non-hydrogen) atoms. The summed E-state index contributed by atoms with van der Waals surface area (Å²) in [5, 5.41) is 2.78. The van der Waals surface area contributed by atoms with Gasteiger partial charge in [-0.15, -0.1) is 11.3 Å². The standard InChI is InChI=1S/C21H22N2O2S3/c1-4-21(2)10-14-16(11-25-21)28-19-17(14)18(22-20(23-19)26-3)27-12-15(24)13-8-6-5-7-9-13/h5-9H,4,10-12H2,1-3H3/t21-/m1/s1. The Morgan fingerprint density at radius 1 is 1.29 bits per heavy atom. The van der Waals surface area contributed by atoms with Crippen molar-refractivity contribution >= 4 is 50.9 Å². The number of hydrogen-bond donors (Lipinski definition) is 0. The van der Waals surface area contributed by atoms with Crippen LogP contribution in [0.3, 0.4) is 0 Å². The van der Waals surface area contributed by atoms with Crippen LogP contribution in [-0.2, 0) is 17.8 Å². The molecule has 0 aliphatic carbocycles. The second-order valence-corrected chi connectivity index (χ2v) is 9.87. The van der Waals surface area contributed by atoms with Crippen LogP contribution >= 0.6 is 34.9 Å². The van der Waals surface area contributed by atoms with Crippen LogP contribution in [0.2, 0.25) is 0 Å². The Kier molecular flexibility index (Phi) is 5.78. The molecule has 4 rings (SSSR count). The highest BCUT2D eigenvalue weighted by atomic mass is 32.2. The molecule has 1 aliphatic rings. The molecule has 0 saturated heterocycles. The highest BCUT2D eigenvalue weighted by Gasteiger charge is 2.33. The van der Waals surface area contributed by atoms with E-state index in [0.29, 0.717) is 12.4 Å².